The van der Waals surface area contributed by atoms with Gasteiger partial charge < -0.3 is 5.32 Å². The molecule has 22 heavy (non-hydrogen) atoms. The van der Waals surface area contributed by atoms with Crippen LogP contribution in [-0.4, -0.2) is 39.9 Å². The van der Waals surface area contributed by atoms with Gasteiger partial charge in [-0.3, -0.25) is 14.1 Å². The number of amides is 1. The monoisotopic (exact) mass is 314 g/mol. The summed E-state index contributed by atoms with van der Waals surface area (Å²) in [5.41, 5.74) is 1.89. The Hall–Kier alpha value is -1.79. The summed E-state index contributed by atoms with van der Waals surface area (Å²) in [5.74, 6) is 0.0000246. The van der Waals surface area contributed by atoms with Crippen molar-refractivity contribution < 1.29 is 4.79 Å². The van der Waals surface area contributed by atoms with Crippen LogP contribution in [0.2, 0.25) is 0 Å². The summed E-state index contributed by atoms with van der Waals surface area (Å²) in [4.78, 5) is 19.8. The second-order valence-electron chi connectivity index (χ2n) is 5.69. The largest absolute Gasteiger partial charge is 0.339 e. The first kappa shape index (κ1) is 13.8. The molecular formula is C16H18N4OS. The van der Waals surface area contributed by atoms with Crippen molar-refractivity contribution in [2.45, 2.75) is 24.3 Å². The van der Waals surface area contributed by atoms with E-state index in [0.29, 0.717) is 6.67 Å². The van der Waals surface area contributed by atoms with Crippen LogP contribution in [-0.2, 0) is 4.79 Å². The fourth-order valence-corrected chi connectivity index (χ4v) is 3.99. The van der Waals surface area contributed by atoms with Gasteiger partial charge in [-0.15, -0.1) is 0 Å². The highest BCUT2D eigenvalue weighted by Crippen LogP contribution is 2.34. The van der Waals surface area contributed by atoms with Crippen LogP contribution in [0.1, 0.15) is 25.0 Å². The Morgan fingerprint density at radius 3 is 3.00 bits per heavy atom. The number of thioether (sulfide) groups is 1. The fourth-order valence-electron chi connectivity index (χ4n) is 2.99. The number of hydrogen-bond acceptors (Lipinski definition) is 4. The first-order valence-corrected chi connectivity index (χ1v) is 8.49. The topological polar surface area (TPSA) is 49.6 Å². The third kappa shape index (κ3) is 2.53. The number of carbonyl (C=O) groups excluding carboxylic acids is 1. The lowest BCUT2D eigenvalue weighted by Gasteiger charge is -2.26. The molecule has 0 atom stereocenters. The third-order valence-corrected chi connectivity index (χ3v) is 5.20. The predicted octanol–water partition coefficient (Wildman–Crippen LogP) is 2.34. The van der Waals surface area contributed by atoms with E-state index in [1.54, 1.807) is 0 Å². The van der Waals surface area contributed by atoms with Crippen molar-refractivity contribution in [1.29, 1.82) is 0 Å². The zero-order valence-corrected chi connectivity index (χ0v) is 13.1. The molecule has 0 radical (unpaired) electrons. The van der Waals surface area contributed by atoms with Gasteiger partial charge in [0.05, 0.1) is 28.5 Å². The summed E-state index contributed by atoms with van der Waals surface area (Å²) in [7, 11) is 0. The van der Waals surface area contributed by atoms with Crippen molar-refractivity contribution in [3.05, 3.63) is 35.0 Å². The number of nitrogens with one attached hydrogen (secondary N) is 1. The average Bonchev–Trinajstić information content (AvgIpc) is 2.98. The summed E-state index contributed by atoms with van der Waals surface area (Å²) in [6.45, 7) is 2.80. The number of piperidine rings is 1. The molecule has 2 aromatic heterocycles. The maximum atomic E-state index is 12.4. The molecule has 0 bridgehead atoms. The van der Waals surface area contributed by atoms with Crippen molar-refractivity contribution in [3.63, 3.8) is 0 Å². The molecule has 2 aliphatic rings. The molecule has 0 spiro atoms. The number of rotatable bonds is 3. The van der Waals surface area contributed by atoms with E-state index in [2.05, 4.69) is 19.6 Å². The fraction of sp³-hybridized carbons (Fsp3) is 0.375. The summed E-state index contributed by atoms with van der Waals surface area (Å²) in [5, 5.41) is 4.08. The zero-order valence-electron chi connectivity index (χ0n) is 12.3. The lowest BCUT2D eigenvalue weighted by Crippen LogP contribution is -2.40. The van der Waals surface area contributed by atoms with Crippen LogP contribution in [0.3, 0.4) is 0 Å². The van der Waals surface area contributed by atoms with Crippen LogP contribution >= 0.6 is 11.8 Å². The second kappa shape index (κ2) is 5.78. The molecule has 4 heterocycles. The smallest absolute Gasteiger partial charge is 0.259 e. The van der Waals surface area contributed by atoms with Gasteiger partial charge in [-0.05, 0) is 44.1 Å². The van der Waals surface area contributed by atoms with E-state index in [1.807, 2.05) is 30.5 Å². The summed E-state index contributed by atoms with van der Waals surface area (Å²) < 4.78 is 2.08. The van der Waals surface area contributed by atoms with Crippen LogP contribution in [0.4, 0.5) is 0 Å². The molecule has 1 saturated heterocycles. The Morgan fingerprint density at radius 2 is 2.14 bits per heavy atom. The molecule has 1 fully saturated rings. The van der Waals surface area contributed by atoms with Gasteiger partial charge in [0.1, 0.15) is 5.65 Å². The Labute approximate surface area is 133 Å². The Bertz CT molecular complexity index is 746. The number of nitrogens with zero attached hydrogens (tertiary/aromatic N) is 3. The highest BCUT2D eigenvalue weighted by Gasteiger charge is 2.20. The highest BCUT2D eigenvalue weighted by atomic mass is 32.2. The van der Waals surface area contributed by atoms with Gasteiger partial charge in [-0.25, -0.2) is 4.98 Å². The van der Waals surface area contributed by atoms with E-state index in [1.165, 1.54) is 31.0 Å². The molecule has 0 aliphatic carbocycles. The summed E-state index contributed by atoms with van der Waals surface area (Å²) in [6, 6.07) is 5.97. The molecule has 2 aromatic rings. The van der Waals surface area contributed by atoms with Crippen LogP contribution in [0.15, 0.2) is 34.3 Å². The number of pyridine rings is 1. The van der Waals surface area contributed by atoms with Gasteiger partial charge in [-0.1, -0.05) is 24.2 Å². The van der Waals surface area contributed by atoms with E-state index in [4.69, 9.17) is 0 Å². The van der Waals surface area contributed by atoms with Crippen molar-refractivity contribution in [2.75, 3.05) is 19.8 Å². The van der Waals surface area contributed by atoms with E-state index in [-0.39, 0.29) is 5.91 Å². The lowest BCUT2D eigenvalue weighted by molar-refractivity contribution is -0.117. The Balaban J connectivity index is 1.49. The lowest BCUT2D eigenvalue weighted by atomic mass is 10.1. The number of hydrogen-bond donors (Lipinski definition) is 1. The van der Waals surface area contributed by atoms with E-state index < -0.39 is 0 Å². The standard InChI is InChI=1S/C16H18N4OS/c21-16(18-11-19-7-2-1-3-8-19)13-9-12-10-17-14-5-4-6-15(22-13)20(12)14/h4-6,9-10H,1-3,7-8,11H2,(H,18,21). The molecule has 0 aromatic carbocycles. The quantitative estimate of drug-likeness (QED) is 0.945. The molecule has 5 nitrogen and oxygen atoms in total. The van der Waals surface area contributed by atoms with Crippen molar-refractivity contribution in [1.82, 2.24) is 19.6 Å². The molecular weight excluding hydrogens is 296 g/mol. The minimum Gasteiger partial charge on any atom is -0.339 e. The zero-order chi connectivity index (χ0) is 14.9. The number of carbonyl (C=O) groups is 1. The molecule has 2 aliphatic heterocycles. The van der Waals surface area contributed by atoms with Crippen molar-refractivity contribution >= 4 is 29.4 Å². The maximum absolute atomic E-state index is 12.4. The first-order valence-electron chi connectivity index (χ1n) is 7.68. The van der Waals surface area contributed by atoms with Crippen LogP contribution in [0.5, 0.6) is 0 Å². The highest BCUT2D eigenvalue weighted by molar-refractivity contribution is 8.04. The van der Waals surface area contributed by atoms with Gasteiger partial charge in [0.25, 0.3) is 5.91 Å². The van der Waals surface area contributed by atoms with E-state index in [9.17, 15) is 4.79 Å². The van der Waals surface area contributed by atoms with Crippen molar-refractivity contribution in [2.24, 2.45) is 0 Å². The van der Waals surface area contributed by atoms with E-state index >= 15 is 0 Å². The Kier molecular flexibility index (Phi) is 3.63. The summed E-state index contributed by atoms with van der Waals surface area (Å²) >= 11 is 1.50. The summed E-state index contributed by atoms with van der Waals surface area (Å²) in [6.07, 6.45) is 7.50. The minimum absolute atomic E-state index is 0.0000246. The maximum Gasteiger partial charge on any atom is 0.259 e. The number of likely N-dealkylation sites (tertiary alicyclic amines) is 1. The van der Waals surface area contributed by atoms with Gasteiger partial charge in [0.2, 0.25) is 0 Å². The minimum atomic E-state index is 0.0000246. The van der Waals surface area contributed by atoms with Crippen LogP contribution < -0.4 is 5.32 Å². The molecule has 4 rings (SSSR count). The second-order valence-corrected chi connectivity index (χ2v) is 6.76. The van der Waals surface area contributed by atoms with Crippen LogP contribution in [0, 0.1) is 0 Å². The molecule has 1 amide bonds. The SMILES string of the molecule is O=C(NCN1CCCCC1)C1=Cc2cnc3cccc(n23)S1. The predicted molar refractivity (Wildman–Crippen MR) is 87.5 cm³/mol. The molecule has 1 N–H and O–H groups in total. The van der Waals surface area contributed by atoms with Gasteiger partial charge in [0, 0.05) is 0 Å². The molecule has 6 heteroatoms. The van der Waals surface area contributed by atoms with E-state index in [0.717, 1.165) is 34.4 Å². The Morgan fingerprint density at radius 1 is 1.27 bits per heavy atom. The van der Waals surface area contributed by atoms with Crippen LogP contribution in [0.25, 0.3) is 11.7 Å². The molecule has 0 unspecified atom stereocenters. The first-order chi connectivity index (χ1) is 10.8. The number of aromatic nitrogens is 2. The van der Waals surface area contributed by atoms with Gasteiger partial charge >= 0.3 is 0 Å². The third-order valence-electron chi connectivity index (χ3n) is 4.15. The normalized spacial score (nSPS) is 18.3. The molecule has 0 saturated carbocycles. The van der Waals surface area contributed by atoms with Crippen molar-refractivity contribution in [3.8, 4) is 0 Å². The average molecular weight is 314 g/mol. The molecule has 114 valence electrons. The van der Waals surface area contributed by atoms with Gasteiger partial charge in [0.15, 0.2) is 0 Å². The number of imidazole rings is 1. The van der Waals surface area contributed by atoms with Gasteiger partial charge in [-0.2, -0.15) is 0 Å².